The summed E-state index contributed by atoms with van der Waals surface area (Å²) in [7, 11) is 3.20. The first-order valence-electron chi connectivity index (χ1n) is 8.76. The SMILES string of the molecule is COc1ccc(-c2csc(NC(=O)CCSc3ccc(C)cc3)n2)cc1OC. The summed E-state index contributed by atoms with van der Waals surface area (Å²) in [6.45, 7) is 2.06. The van der Waals surface area contributed by atoms with Crippen LogP contribution in [0.25, 0.3) is 11.3 Å². The molecular weight excluding hydrogens is 392 g/mol. The minimum atomic E-state index is -0.0344. The topological polar surface area (TPSA) is 60.5 Å². The van der Waals surface area contributed by atoms with E-state index in [1.54, 1.807) is 26.0 Å². The van der Waals surface area contributed by atoms with Crippen LogP contribution in [0.1, 0.15) is 12.0 Å². The Labute approximate surface area is 173 Å². The van der Waals surface area contributed by atoms with Gasteiger partial charge in [-0.15, -0.1) is 23.1 Å². The molecule has 1 N–H and O–H groups in total. The number of carbonyl (C=O) groups excluding carboxylic acids is 1. The summed E-state index contributed by atoms with van der Waals surface area (Å²) < 4.78 is 10.6. The zero-order chi connectivity index (χ0) is 19.9. The summed E-state index contributed by atoms with van der Waals surface area (Å²) in [6, 6.07) is 13.9. The molecule has 0 aliphatic heterocycles. The van der Waals surface area contributed by atoms with Crippen LogP contribution in [0, 0.1) is 6.92 Å². The lowest BCUT2D eigenvalue weighted by Crippen LogP contribution is -2.11. The predicted molar refractivity (Wildman–Crippen MR) is 116 cm³/mol. The van der Waals surface area contributed by atoms with Crippen molar-refractivity contribution in [3.05, 3.63) is 53.4 Å². The first kappa shape index (κ1) is 20.2. The monoisotopic (exact) mass is 414 g/mol. The molecule has 5 nitrogen and oxygen atoms in total. The van der Waals surface area contributed by atoms with Crippen LogP contribution in [-0.4, -0.2) is 30.9 Å². The van der Waals surface area contributed by atoms with Gasteiger partial charge in [0.2, 0.25) is 5.91 Å². The van der Waals surface area contributed by atoms with Crippen molar-refractivity contribution in [2.75, 3.05) is 25.3 Å². The van der Waals surface area contributed by atoms with Gasteiger partial charge in [0.05, 0.1) is 19.9 Å². The van der Waals surface area contributed by atoms with Crippen LogP contribution in [-0.2, 0) is 4.79 Å². The van der Waals surface area contributed by atoms with Crippen LogP contribution in [0.4, 0.5) is 5.13 Å². The minimum absolute atomic E-state index is 0.0344. The number of benzene rings is 2. The number of aromatic nitrogens is 1. The second kappa shape index (κ2) is 9.61. The van der Waals surface area contributed by atoms with Gasteiger partial charge in [0, 0.05) is 28.0 Å². The third-order valence-electron chi connectivity index (χ3n) is 4.05. The van der Waals surface area contributed by atoms with Crippen molar-refractivity contribution in [1.29, 1.82) is 0 Å². The average Bonchev–Trinajstić information content (AvgIpc) is 3.17. The number of methoxy groups -OCH3 is 2. The molecule has 0 saturated carbocycles. The van der Waals surface area contributed by atoms with E-state index in [2.05, 4.69) is 41.5 Å². The summed E-state index contributed by atoms with van der Waals surface area (Å²) in [5, 5.41) is 5.39. The van der Waals surface area contributed by atoms with E-state index in [4.69, 9.17) is 9.47 Å². The number of thioether (sulfide) groups is 1. The number of amides is 1. The Bertz CT molecular complexity index is 939. The molecule has 7 heteroatoms. The molecule has 1 amide bonds. The van der Waals surface area contributed by atoms with E-state index < -0.39 is 0 Å². The number of hydrogen-bond donors (Lipinski definition) is 1. The fraction of sp³-hybridized carbons (Fsp3) is 0.238. The van der Waals surface area contributed by atoms with Gasteiger partial charge in [0.15, 0.2) is 16.6 Å². The maximum absolute atomic E-state index is 12.2. The number of ether oxygens (including phenoxy) is 2. The molecule has 2 aromatic carbocycles. The van der Waals surface area contributed by atoms with Gasteiger partial charge in [0.1, 0.15) is 0 Å². The van der Waals surface area contributed by atoms with Crippen LogP contribution >= 0.6 is 23.1 Å². The average molecular weight is 415 g/mol. The van der Waals surface area contributed by atoms with Gasteiger partial charge in [-0.2, -0.15) is 0 Å². The highest BCUT2D eigenvalue weighted by Crippen LogP contribution is 2.33. The number of nitrogens with one attached hydrogen (secondary N) is 1. The quantitative estimate of drug-likeness (QED) is 0.510. The van der Waals surface area contributed by atoms with Gasteiger partial charge in [-0.05, 0) is 37.3 Å². The van der Waals surface area contributed by atoms with E-state index in [-0.39, 0.29) is 5.91 Å². The largest absolute Gasteiger partial charge is 0.493 e. The molecule has 0 aliphatic rings. The Morgan fingerprint density at radius 1 is 1.11 bits per heavy atom. The summed E-state index contributed by atoms with van der Waals surface area (Å²) in [4.78, 5) is 17.9. The highest BCUT2D eigenvalue weighted by atomic mass is 32.2. The normalized spacial score (nSPS) is 10.5. The third kappa shape index (κ3) is 5.27. The summed E-state index contributed by atoms with van der Waals surface area (Å²) in [5.74, 6) is 2.00. The van der Waals surface area contributed by atoms with Crippen molar-refractivity contribution < 1.29 is 14.3 Å². The Morgan fingerprint density at radius 2 is 1.86 bits per heavy atom. The number of rotatable bonds is 8. The molecule has 1 aromatic heterocycles. The first-order chi connectivity index (χ1) is 13.6. The molecule has 3 aromatic rings. The number of aryl methyl sites for hydroxylation is 1. The summed E-state index contributed by atoms with van der Waals surface area (Å²) in [5.41, 5.74) is 2.93. The zero-order valence-corrected chi connectivity index (χ0v) is 17.7. The number of hydrogen-bond acceptors (Lipinski definition) is 6. The van der Waals surface area contributed by atoms with E-state index in [9.17, 15) is 4.79 Å². The number of nitrogens with zero attached hydrogens (tertiary/aromatic N) is 1. The number of thiazole rings is 1. The van der Waals surface area contributed by atoms with Gasteiger partial charge < -0.3 is 14.8 Å². The smallest absolute Gasteiger partial charge is 0.226 e. The van der Waals surface area contributed by atoms with E-state index in [0.29, 0.717) is 23.1 Å². The molecule has 0 fully saturated rings. The van der Waals surface area contributed by atoms with Gasteiger partial charge in [-0.25, -0.2) is 4.98 Å². The van der Waals surface area contributed by atoms with E-state index >= 15 is 0 Å². The van der Waals surface area contributed by atoms with Crippen molar-refractivity contribution in [2.45, 2.75) is 18.2 Å². The van der Waals surface area contributed by atoms with E-state index in [1.165, 1.54) is 21.8 Å². The van der Waals surface area contributed by atoms with E-state index in [0.717, 1.165) is 17.0 Å². The van der Waals surface area contributed by atoms with Gasteiger partial charge in [0.25, 0.3) is 0 Å². The van der Waals surface area contributed by atoms with Crippen molar-refractivity contribution in [3.8, 4) is 22.8 Å². The second-order valence-electron chi connectivity index (χ2n) is 6.07. The lowest BCUT2D eigenvalue weighted by atomic mass is 10.1. The Balaban J connectivity index is 1.55. The third-order valence-corrected chi connectivity index (χ3v) is 5.82. The molecule has 146 valence electrons. The van der Waals surface area contributed by atoms with Crippen molar-refractivity contribution in [2.24, 2.45) is 0 Å². The van der Waals surface area contributed by atoms with Crippen LogP contribution < -0.4 is 14.8 Å². The fourth-order valence-electron chi connectivity index (χ4n) is 2.54. The maximum atomic E-state index is 12.2. The number of anilines is 1. The highest BCUT2D eigenvalue weighted by Gasteiger charge is 2.11. The molecule has 3 rings (SSSR count). The van der Waals surface area contributed by atoms with Gasteiger partial charge in [-0.1, -0.05) is 17.7 Å². The molecule has 0 atom stereocenters. The van der Waals surface area contributed by atoms with Crippen LogP contribution in [0.15, 0.2) is 52.7 Å². The number of carbonyl (C=O) groups is 1. The first-order valence-corrected chi connectivity index (χ1v) is 10.6. The molecule has 0 aliphatic carbocycles. The van der Waals surface area contributed by atoms with Crippen LogP contribution in [0.2, 0.25) is 0 Å². The minimum Gasteiger partial charge on any atom is -0.493 e. The van der Waals surface area contributed by atoms with Gasteiger partial charge in [-0.3, -0.25) is 4.79 Å². The predicted octanol–water partition coefficient (Wildman–Crippen LogP) is 5.26. The fourth-order valence-corrected chi connectivity index (χ4v) is 4.12. The van der Waals surface area contributed by atoms with Gasteiger partial charge >= 0.3 is 0 Å². The maximum Gasteiger partial charge on any atom is 0.226 e. The summed E-state index contributed by atoms with van der Waals surface area (Å²) in [6.07, 6.45) is 0.434. The molecule has 0 saturated heterocycles. The summed E-state index contributed by atoms with van der Waals surface area (Å²) >= 11 is 3.08. The zero-order valence-electron chi connectivity index (χ0n) is 16.0. The molecule has 28 heavy (non-hydrogen) atoms. The lowest BCUT2D eigenvalue weighted by molar-refractivity contribution is -0.115. The Hall–Kier alpha value is -2.51. The molecule has 0 spiro atoms. The standard InChI is InChI=1S/C21H22N2O3S2/c1-14-4-7-16(8-5-14)27-11-10-20(24)23-21-22-17(13-28-21)15-6-9-18(25-2)19(12-15)26-3/h4-9,12-13H,10-11H2,1-3H3,(H,22,23,24). The van der Waals surface area contributed by atoms with Crippen LogP contribution in [0.5, 0.6) is 11.5 Å². The molecule has 1 heterocycles. The molecule has 0 radical (unpaired) electrons. The van der Waals surface area contributed by atoms with E-state index in [1.807, 2.05) is 23.6 Å². The lowest BCUT2D eigenvalue weighted by Gasteiger charge is -2.08. The second-order valence-corrected chi connectivity index (χ2v) is 8.09. The van der Waals surface area contributed by atoms with Crippen molar-refractivity contribution in [3.63, 3.8) is 0 Å². The Morgan fingerprint density at radius 3 is 2.57 bits per heavy atom. The van der Waals surface area contributed by atoms with Crippen LogP contribution in [0.3, 0.4) is 0 Å². The molecule has 0 bridgehead atoms. The Kier molecular flexibility index (Phi) is 6.95. The molecule has 0 unspecified atom stereocenters. The highest BCUT2D eigenvalue weighted by molar-refractivity contribution is 7.99. The van der Waals surface area contributed by atoms with Crippen molar-refractivity contribution in [1.82, 2.24) is 4.98 Å². The molecular formula is C21H22N2O3S2. The van der Waals surface area contributed by atoms with Crippen molar-refractivity contribution >= 4 is 34.1 Å².